The number of rotatable bonds is 2. The minimum absolute atomic E-state index is 0. The molecule has 0 N–H and O–H groups in total. The van der Waals surface area contributed by atoms with Crippen LogP contribution in [0.1, 0.15) is 0 Å². The van der Waals surface area contributed by atoms with E-state index >= 15 is 0 Å². The predicted octanol–water partition coefficient (Wildman–Crippen LogP) is 2.48. The maximum Gasteiger partial charge on any atom is 0.0964 e. The summed E-state index contributed by atoms with van der Waals surface area (Å²) < 4.78 is 0. The van der Waals surface area contributed by atoms with Gasteiger partial charge in [0.05, 0.1) is 25.2 Å². The predicted molar refractivity (Wildman–Crippen MR) is 66.4 cm³/mol. The molecule has 1 radical (unpaired) electrons. The summed E-state index contributed by atoms with van der Waals surface area (Å²) in [6.07, 6.45) is 0. The number of benzene rings is 2. The van der Waals surface area contributed by atoms with E-state index in [9.17, 15) is 0 Å². The smallest absolute Gasteiger partial charge is 0.0620 e. The van der Waals surface area contributed by atoms with Crippen LogP contribution in [0.15, 0.2) is 60.7 Å². The first-order valence-electron chi connectivity index (χ1n) is 4.82. The van der Waals surface area contributed by atoms with Gasteiger partial charge in [-0.15, -0.1) is 0 Å². The van der Waals surface area contributed by atoms with Crippen LogP contribution in [0.25, 0.3) is 0 Å². The monoisotopic (exact) mass is 398 g/mol. The Bertz CT molecular complexity index is 346. The van der Waals surface area contributed by atoms with Crippen LogP contribution in [0.2, 0.25) is 0 Å². The van der Waals surface area contributed by atoms with Crippen LogP contribution >= 0.6 is 7.92 Å². The molecule has 0 spiro atoms. The van der Waals surface area contributed by atoms with Crippen molar-refractivity contribution in [2.75, 3.05) is 6.66 Å². The molecule has 0 heterocycles. The van der Waals surface area contributed by atoms with Crippen molar-refractivity contribution in [2.24, 2.45) is 0 Å². The average Bonchev–Trinajstić information content (AvgIpc) is 2.30. The van der Waals surface area contributed by atoms with E-state index in [1.807, 2.05) is 0 Å². The molecule has 2 aromatic carbocycles. The van der Waals surface area contributed by atoms with Crippen LogP contribution in [-0.4, -0.2) is 6.66 Å². The van der Waals surface area contributed by atoms with Crippen molar-refractivity contribution in [3.8, 4) is 0 Å². The normalized spacial score (nSPS) is 9.73. The van der Waals surface area contributed by atoms with Crippen LogP contribution in [0.4, 0.5) is 0 Å². The zero-order valence-corrected chi connectivity index (χ0v) is 11.7. The molecule has 81 valence electrons. The third-order valence-corrected chi connectivity index (χ3v) is 4.81. The Morgan fingerprint density at radius 1 is 0.667 bits per heavy atom. The van der Waals surface area contributed by atoms with Crippen LogP contribution in [0, 0.1) is 0 Å². The van der Waals surface area contributed by atoms with E-state index in [0.29, 0.717) is 0 Å². The van der Waals surface area contributed by atoms with Crippen molar-refractivity contribution in [1.82, 2.24) is 0 Å². The van der Waals surface area contributed by atoms with E-state index in [1.165, 1.54) is 10.6 Å². The van der Waals surface area contributed by atoms with Crippen LogP contribution in [0.3, 0.4) is 0 Å². The quantitative estimate of drug-likeness (QED) is 0.539. The van der Waals surface area contributed by atoms with Crippen molar-refractivity contribution >= 4 is 18.5 Å². The van der Waals surface area contributed by atoms with E-state index < -0.39 is 7.92 Å². The van der Waals surface area contributed by atoms with Crippen LogP contribution in [-0.2, 0) is 22.4 Å². The molecule has 0 fully saturated rings. The van der Waals surface area contributed by atoms with Gasteiger partial charge in [0.2, 0.25) is 0 Å². The minimum Gasteiger partial charge on any atom is -0.0620 e. The molecule has 0 aromatic heterocycles. The van der Waals surface area contributed by atoms with E-state index in [-0.39, 0.29) is 22.4 Å². The summed E-state index contributed by atoms with van der Waals surface area (Å²) in [6, 6.07) is 21.5. The summed E-state index contributed by atoms with van der Waals surface area (Å²) in [4.78, 5) is 0. The molecular weight excluding hydrogens is 384 g/mol. The fourth-order valence-electron chi connectivity index (χ4n) is 1.54. The van der Waals surface area contributed by atoms with Crippen molar-refractivity contribution in [1.29, 1.82) is 0 Å². The molecule has 0 aliphatic rings. The molecule has 0 aliphatic heterocycles. The first-order chi connectivity index (χ1) is 6.88. The molecule has 2 heteroatoms. The van der Waals surface area contributed by atoms with Crippen LogP contribution in [0.5, 0.6) is 0 Å². The van der Waals surface area contributed by atoms with Crippen molar-refractivity contribution in [3.63, 3.8) is 0 Å². The molecule has 0 amide bonds. The van der Waals surface area contributed by atoms with E-state index in [2.05, 4.69) is 67.3 Å². The molecule has 0 aliphatic carbocycles. The second-order valence-corrected chi connectivity index (χ2v) is 5.76. The Labute approximate surface area is 108 Å². The molecular formula is C13H14AuP+. The topological polar surface area (TPSA) is 0 Å². The van der Waals surface area contributed by atoms with Gasteiger partial charge in [-0.25, -0.2) is 0 Å². The standard InChI is InChI=1S/C13H13P.Au/c1-14(12-8-4-2-5-9-12)13-10-6-3-7-11-13;/h2-11H,1H3;/p+1. The van der Waals surface area contributed by atoms with Gasteiger partial charge in [-0.3, -0.25) is 0 Å². The van der Waals surface area contributed by atoms with E-state index in [4.69, 9.17) is 0 Å². The third-order valence-electron chi connectivity index (χ3n) is 2.41. The maximum atomic E-state index is 2.34. The molecule has 15 heavy (non-hydrogen) atoms. The van der Waals surface area contributed by atoms with E-state index in [0.717, 1.165) is 0 Å². The van der Waals surface area contributed by atoms with Gasteiger partial charge in [-0.05, 0) is 24.3 Å². The summed E-state index contributed by atoms with van der Waals surface area (Å²) in [5.74, 6) is 0. The Hall–Kier alpha value is -0.390. The zero-order valence-electron chi connectivity index (χ0n) is 8.58. The maximum absolute atomic E-state index is 2.34. The molecule has 2 aromatic rings. The summed E-state index contributed by atoms with van der Waals surface area (Å²) in [7, 11) is -0.545. The first-order valence-corrected chi connectivity index (χ1v) is 6.82. The fourth-order valence-corrected chi connectivity index (χ4v) is 3.26. The summed E-state index contributed by atoms with van der Waals surface area (Å²) in [5, 5.41) is 2.95. The largest absolute Gasteiger partial charge is 0.0964 e. The first kappa shape index (κ1) is 12.7. The van der Waals surface area contributed by atoms with Gasteiger partial charge >= 0.3 is 0 Å². The Morgan fingerprint density at radius 2 is 1.00 bits per heavy atom. The second kappa shape index (κ2) is 6.25. The average molecular weight is 398 g/mol. The van der Waals surface area contributed by atoms with Gasteiger partial charge in [-0.1, -0.05) is 36.4 Å². The van der Waals surface area contributed by atoms with Crippen LogP contribution < -0.4 is 10.6 Å². The number of hydrogen-bond donors (Lipinski definition) is 0. The summed E-state index contributed by atoms with van der Waals surface area (Å²) in [6.45, 7) is 2.34. The number of hydrogen-bond acceptors (Lipinski definition) is 0. The van der Waals surface area contributed by atoms with E-state index in [1.54, 1.807) is 0 Å². The van der Waals surface area contributed by atoms with Crippen molar-refractivity contribution in [2.45, 2.75) is 0 Å². The summed E-state index contributed by atoms with van der Waals surface area (Å²) >= 11 is 0. The molecule has 0 saturated heterocycles. The fraction of sp³-hybridized carbons (Fsp3) is 0.0769. The van der Waals surface area contributed by atoms with Crippen molar-refractivity contribution < 1.29 is 22.4 Å². The molecule has 0 saturated carbocycles. The molecule has 0 bridgehead atoms. The molecule has 0 unspecified atom stereocenters. The van der Waals surface area contributed by atoms with Gasteiger partial charge in [0.25, 0.3) is 0 Å². The Balaban J connectivity index is 0.00000112. The molecule has 0 nitrogen and oxygen atoms in total. The van der Waals surface area contributed by atoms with Gasteiger partial charge in [0.1, 0.15) is 0 Å². The Morgan fingerprint density at radius 3 is 1.33 bits per heavy atom. The van der Waals surface area contributed by atoms with Crippen molar-refractivity contribution in [3.05, 3.63) is 60.7 Å². The second-order valence-electron chi connectivity index (χ2n) is 3.36. The molecule has 0 atom stereocenters. The third kappa shape index (κ3) is 3.29. The van der Waals surface area contributed by atoms with Gasteiger partial charge < -0.3 is 0 Å². The van der Waals surface area contributed by atoms with Gasteiger partial charge in [-0.2, -0.15) is 0 Å². The Kier molecular flexibility index (Phi) is 5.28. The minimum atomic E-state index is -0.545. The SMILES string of the molecule is C[PH+](c1ccccc1)c1ccccc1.[Au]. The summed E-state index contributed by atoms with van der Waals surface area (Å²) in [5.41, 5.74) is 0. The zero-order chi connectivity index (χ0) is 9.80. The van der Waals surface area contributed by atoms with Gasteiger partial charge in [0.15, 0.2) is 0 Å². The molecule has 2 rings (SSSR count). The van der Waals surface area contributed by atoms with Gasteiger partial charge in [0, 0.05) is 22.4 Å².